The molecule has 0 saturated carbocycles. The van der Waals surface area contributed by atoms with Gasteiger partial charge in [0.2, 0.25) is 0 Å². The zero-order valence-electron chi connectivity index (χ0n) is 14.8. The van der Waals surface area contributed by atoms with Crippen molar-refractivity contribution in [2.24, 2.45) is 0 Å². The maximum absolute atomic E-state index is 12.7. The molecule has 0 spiro atoms. The highest BCUT2D eigenvalue weighted by Gasteiger charge is 2.31. The fourth-order valence-corrected chi connectivity index (χ4v) is 3.99. The first-order valence-electron chi connectivity index (χ1n) is 8.61. The Morgan fingerprint density at radius 1 is 1.17 bits per heavy atom. The summed E-state index contributed by atoms with van der Waals surface area (Å²) < 4.78 is 43.1. The van der Waals surface area contributed by atoms with Crippen molar-refractivity contribution in [3.05, 3.63) is 70.1 Å². The fourth-order valence-electron chi connectivity index (χ4n) is 2.97. The van der Waals surface area contributed by atoms with Gasteiger partial charge in [0, 0.05) is 23.4 Å². The number of aromatic nitrogens is 1. The van der Waals surface area contributed by atoms with Crippen LogP contribution in [0.15, 0.2) is 47.1 Å². The van der Waals surface area contributed by atoms with E-state index < -0.39 is 17.6 Å². The average Bonchev–Trinajstić information content (AvgIpc) is 3.35. The number of fused-ring (bicyclic) bond motifs is 1. The Bertz CT molecular complexity index is 1040. The molecule has 10 heteroatoms. The number of furan rings is 1. The Kier molecular flexibility index (Phi) is 4.87. The molecule has 6 nitrogen and oxygen atoms in total. The van der Waals surface area contributed by atoms with Crippen molar-refractivity contribution in [1.29, 1.82) is 0 Å². The molecule has 0 aliphatic carbocycles. The monoisotopic (exact) mass is 421 g/mol. The highest BCUT2D eigenvalue weighted by atomic mass is 32.1. The molecular formula is C19H14F3N3O3S. The van der Waals surface area contributed by atoms with E-state index in [9.17, 15) is 22.8 Å². The van der Waals surface area contributed by atoms with Gasteiger partial charge in [0.25, 0.3) is 11.8 Å². The van der Waals surface area contributed by atoms with Crippen molar-refractivity contribution in [3.8, 4) is 0 Å². The number of benzene rings is 1. The third-order valence-corrected chi connectivity index (χ3v) is 5.44. The summed E-state index contributed by atoms with van der Waals surface area (Å²) in [6.07, 6.45) is -2.55. The second-order valence-electron chi connectivity index (χ2n) is 6.37. The number of nitrogens with zero attached hydrogens (tertiary/aromatic N) is 2. The minimum Gasteiger partial charge on any atom is -0.459 e. The van der Waals surface area contributed by atoms with Crippen molar-refractivity contribution in [2.45, 2.75) is 19.1 Å². The van der Waals surface area contributed by atoms with E-state index in [0.717, 1.165) is 22.7 Å². The van der Waals surface area contributed by atoms with Gasteiger partial charge in [-0.1, -0.05) is 11.3 Å². The molecule has 2 amide bonds. The smallest absolute Gasteiger partial charge is 0.416 e. The number of carbonyl (C=O) groups is 2. The van der Waals surface area contributed by atoms with Crippen LogP contribution in [-0.2, 0) is 19.1 Å². The number of anilines is 1. The van der Waals surface area contributed by atoms with Crippen LogP contribution in [0.5, 0.6) is 0 Å². The maximum Gasteiger partial charge on any atom is 0.416 e. The summed E-state index contributed by atoms with van der Waals surface area (Å²) in [4.78, 5) is 31.5. The van der Waals surface area contributed by atoms with Crippen LogP contribution >= 0.6 is 11.3 Å². The second-order valence-corrected chi connectivity index (χ2v) is 7.46. The van der Waals surface area contributed by atoms with Crippen LogP contribution in [-0.4, -0.2) is 28.2 Å². The molecule has 1 aromatic carbocycles. The van der Waals surface area contributed by atoms with Crippen LogP contribution in [0.3, 0.4) is 0 Å². The Morgan fingerprint density at radius 3 is 2.59 bits per heavy atom. The number of thiazole rings is 1. The van der Waals surface area contributed by atoms with Gasteiger partial charge in [-0.2, -0.15) is 13.2 Å². The van der Waals surface area contributed by atoms with Crippen molar-refractivity contribution >= 4 is 28.3 Å². The molecular weight excluding hydrogens is 407 g/mol. The van der Waals surface area contributed by atoms with Crippen LogP contribution in [0.25, 0.3) is 0 Å². The number of rotatable bonds is 3. The van der Waals surface area contributed by atoms with Crippen molar-refractivity contribution in [2.75, 3.05) is 11.9 Å². The average molecular weight is 421 g/mol. The molecule has 3 heterocycles. The second kappa shape index (κ2) is 7.36. The minimum absolute atomic E-state index is 0.164. The number of nitrogens with one attached hydrogen (secondary N) is 1. The van der Waals surface area contributed by atoms with Gasteiger partial charge in [-0.3, -0.25) is 14.9 Å². The third kappa shape index (κ3) is 4.02. The molecule has 1 aliphatic rings. The molecule has 3 aromatic rings. The topological polar surface area (TPSA) is 75.4 Å². The predicted octanol–water partition coefficient (Wildman–Crippen LogP) is 4.21. The van der Waals surface area contributed by atoms with Crippen molar-refractivity contribution in [1.82, 2.24) is 9.88 Å². The molecule has 1 aliphatic heterocycles. The van der Waals surface area contributed by atoms with E-state index >= 15 is 0 Å². The zero-order valence-corrected chi connectivity index (χ0v) is 15.6. The van der Waals surface area contributed by atoms with Crippen LogP contribution < -0.4 is 5.32 Å². The molecule has 0 saturated heterocycles. The third-order valence-electron chi connectivity index (χ3n) is 4.44. The largest absolute Gasteiger partial charge is 0.459 e. The van der Waals surface area contributed by atoms with Crippen LogP contribution in [0.2, 0.25) is 0 Å². The zero-order chi connectivity index (χ0) is 20.6. The Labute approximate surface area is 167 Å². The summed E-state index contributed by atoms with van der Waals surface area (Å²) in [6, 6.07) is 7.31. The molecule has 4 rings (SSSR count). The molecule has 0 radical (unpaired) electrons. The lowest BCUT2D eigenvalue weighted by atomic mass is 10.1. The standard InChI is InChI=1S/C19H14F3N3O3S/c20-19(21,22)12-5-3-11(4-6-12)17(27)25-8-7-13-15(10-25)29-18(23-13)24-16(26)14-2-1-9-28-14/h1-6,9H,7-8,10H2,(H,23,24,26). The van der Waals surface area contributed by atoms with E-state index in [0.29, 0.717) is 18.1 Å². The van der Waals surface area contributed by atoms with E-state index in [1.165, 1.54) is 35.8 Å². The Balaban J connectivity index is 1.45. The van der Waals surface area contributed by atoms with Gasteiger partial charge in [-0.05, 0) is 36.4 Å². The highest BCUT2D eigenvalue weighted by Crippen LogP contribution is 2.31. The lowest BCUT2D eigenvalue weighted by molar-refractivity contribution is -0.137. The molecule has 0 atom stereocenters. The first-order valence-corrected chi connectivity index (χ1v) is 9.43. The predicted molar refractivity (Wildman–Crippen MR) is 98.7 cm³/mol. The number of alkyl halides is 3. The first kappa shape index (κ1) is 19.2. The van der Waals surface area contributed by atoms with E-state index in [-0.39, 0.29) is 23.8 Å². The van der Waals surface area contributed by atoms with Gasteiger partial charge < -0.3 is 9.32 Å². The summed E-state index contributed by atoms with van der Waals surface area (Å²) in [7, 11) is 0. The van der Waals surface area contributed by atoms with E-state index in [4.69, 9.17) is 4.42 Å². The van der Waals surface area contributed by atoms with Crippen LogP contribution in [0.1, 0.15) is 37.0 Å². The quantitative estimate of drug-likeness (QED) is 0.688. The van der Waals surface area contributed by atoms with Gasteiger partial charge in [0.15, 0.2) is 10.9 Å². The van der Waals surface area contributed by atoms with Gasteiger partial charge in [0.1, 0.15) is 0 Å². The van der Waals surface area contributed by atoms with Crippen molar-refractivity contribution < 1.29 is 27.2 Å². The van der Waals surface area contributed by atoms with Gasteiger partial charge in [-0.15, -0.1) is 0 Å². The summed E-state index contributed by atoms with van der Waals surface area (Å²) in [5, 5.41) is 3.07. The lowest BCUT2D eigenvalue weighted by Crippen LogP contribution is -2.35. The van der Waals surface area contributed by atoms with Crippen molar-refractivity contribution in [3.63, 3.8) is 0 Å². The van der Waals surface area contributed by atoms with Gasteiger partial charge in [0.05, 0.1) is 24.1 Å². The van der Waals surface area contributed by atoms with E-state index in [2.05, 4.69) is 10.3 Å². The van der Waals surface area contributed by atoms with Gasteiger partial charge in [-0.25, -0.2) is 4.98 Å². The molecule has 1 N–H and O–H groups in total. The van der Waals surface area contributed by atoms with Gasteiger partial charge >= 0.3 is 6.18 Å². The summed E-state index contributed by atoms with van der Waals surface area (Å²) >= 11 is 1.26. The van der Waals surface area contributed by atoms with E-state index in [1.807, 2.05) is 0 Å². The van der Waals surface area contributed by atoms with Crippen LogP contribution in [0.4, 0.5) is 18.3 Å². The summed E-state index contributed by atoms with van der Waals surface area (Å²) in [5.41, 5.74) is 0.188. The maximum atomic E-state index is 12.7. The number of amides is 2. The van der Waals surface area contributed by atoms with E-state index in [1.54, 1.807) is 11.0 Å². The number of carbonyl (C=O) groups excluding carboxylic acids is 2. The first-order chi connectivity index (χ1) is 13.8. The fraction of sp³-hybridized carbons (Fsp3) is 0.211. The molecule has 0 bridgehead atoms. The Hall–Kier alpha value is -3.14. The highest BCUT2D eigenvalue weighted by molar-refractivity contribution is 7.15. The number of hydrogen-bond acceptors (Lipinski definition) is 5. The summed E-state index contributed by atoms with van der Waals surface area (Å²) in [5.74, 6) is -0.602. The number of halogens is 3. The summed E-state index contributed by atoms with van der Waals surface area (Å²) in [6.45, 7) is 0.672. The Morgan fingerprint density at radius 2 is 1.93 bits per heavy atom. The molecule has 0 unspecified atom stereocenters. The number of hydrogen-bond donors (Lipinski definition) is 1. The molecule has 150 valence electrons. The molecule has 29 heavy (non-hydrogen) atoms. The molecule has 0 fully saturated rings. The minimum atomic E-state index is -4.44. The lowest BCUT2D eigenvalue weighted by Gasteiger charge is -2.26. The molecule has 2 aromatic heterocycles. The SMILES string of the molecule is O=C(Nc1nc2c(s1)CN(C(=O)c1ccc(C(F)(F)F)cc1)CC2)c1ccco1. The van der Waals surface area contributed by atoms with Crippen LogP contribution in [0, 0.1) is 0 Å². The normalized spacial score (nSPS) is 13.8.